The minimum absolute atomic E-state index is 0.0830. The molecule has 0 unspecified atom stereocenters. The van der Waals surface area contributed by atoms with E-state index >= 15 is 0 Å². The largest absolute Gasteiger partial charge is 0.354 e. The molecule has 3 rings (SSSR count). The fourth-order valence-electron chi connectivity index (χ4n) is 3.53. The summed E-state index contributed by atoms with van der Waals surface area (Å²) in [5.41, 5.74) is 1.17. The summed E-state index contributed by atoms with van der Waals surface area (Å²) in [7, 11) is 0. The Labute approximate surface area is 170 Å². The number of carbonyl (C=O) groups is 1. The third-order valence-electron chi connectivity index (χ3n) is 5.18. The maximum absolute atomic E-state index is 12.2. The minimum atomic E-state index is -0.296. The second-order valence-corrected chi connectivity index (χ2v) is 7.74. The van der Waals surface area contributed by atoms with Gasteiger partial charge in [-0.15, -0.1) is 0 Å². The van der Waals surface area contributed by atoms with E-state index in [-0.39, 0.29) is 18.0 Å². The molecule has 6 nitrogen and oxygen atoms in total. The van der Waals surface area contributed by atoms with Crippen LogP contribution in [-0.2, 0) is 11.3 Å². The number of hydrogen-bond acceptors (Lipinski definition) is 4. The standard InChI is InChI=1S/C21H27ClN4O2/c1-16-5-2-3-13-25(16)14-4-12-23-20(27)15-26-21(28)11-10-19(24-26)17-6-8-18(22)9-7-17/h6-11,16H,2-5,12-15H2,1H3,(H,23,27)/t16-/m0/s1. The third kappa shape index (κ3) is 5.66. The number of piperidine rings is 1. The molecule has 1 aliphatic heterocycles. The zero-order valence-electron chi connectivity index (χ0n) is 16.2. The van der Waals surface area contributed by atoms with E-state index in [2.05, 4.69) is 22.2 Å². The summed E-state index contributed by atoms with van der Waals surface area (Å²) < 4.78 is 1.20. The van der Waals surface area contributed by atoms with Crippen molar-refractivity contribution in [3.63, 3.8) is 0 Å². The maximum atomic E-state index is 12.2. The van der Waals surface area contributed by atoms with E-state index in [4.69, 9.17) is 11.6 Å². The summed E-state index contributed by atoms with van der Waals surface area (Å²) in [4.78, 5) is 26.8. The van der Waals surface area contributed by atoms with Crippen LogP contribution in [-0.4, -0.2) is 46.3 Å². The Morgan fingerprint density at radius 2 is 2.00 bits per heavy atom. The first-order valence-corrected chi connectivity index (χ1v) is 10.3. The zero-order chi connectivity index (χ0) is 19.9. The van der Waals surface area contributed by atoms with Gasteiger partial charge >= 0.3 is 0 Å². The predicted molar refractivity (Wildman–Crippen MR) is 111 cm³/mol. The molecule has 1 atom stereocenters. The number of likely N-dealkylation sites (tertiary alicyclic amines) is 1. The first-order valence-electron chi connectivity index (χ1n) is 9.88. The smallest absolute Gasteiger partial charge is 0.267 e. The van der Waals surface area contributed by atoms with E-state index in [9.17, 15) is 9.59 Å². The van der Waals surface area contributed by atoms with Crippen LogP contribution in [0.15, 0.2) is 41.2 Å². The number of amides is 1. The molecule has 1 fully saturated rings. The van der Waals surface area contributed by atoms with Crippen LogP contribution in [0.4, 0.5) is 0 Å². The van der Waals surface area contributed by atoms with Crippen molar-refractivity contribution in [3.8, 4) is 11.3 Å². The van der Waals surface area contributed by atoms with Crippen LogP contribution in [0.3, 0.4) is 0 Å². The van der Waals surface area contributed by atoms with E-state index in [1.54, 1.807) is 18.2 Å². The number of nitrogens with zero attached hydrogens (tertiary/aromatic N) is 3. The molecule has 0 bridgehead atoms. The average Bonchev–Trinajstić information content (AvgIpc) is 2.69. The van der Waals surface area contributed by atoms with Gasteiger partial charge < -0.3 is 10.2 Å². The molecule has 1 saturated heterocycles. The summed E-state index contributed by atoms with van der Waals surface area (Å²) in [6.07, 6.45) is 4.73. The normalized spacial score (nSPS) is 17.4. The van der Waals surface area contributed by atoms with Crippen LogP contribution >= 0.6 is 11.6 Å². The lowest BCUT2D eigenvalue weighted by molar-refractivity contribution is -0.121. The van der Waals surface area contributed by atoms with Crippen molar-refractivity contribution in [1.82, 2.24) is 20.0 Å². The second-order valence-electron chi connectivity index (χ2n) is 7.31. The molecule has 7 heteroatoms. The van der Waals surface area contributed by atoms with Gasteiger partial charge in [0.1, 0.15) is 6.54 Å². The van der Waals surface area contributed by atoms with Gasteiger partial charge in [0.05, 0.1) is 5.69 Å². The summed E-state index contributed by atoms with van der Waals surface area (Å²) in [5, 5.41) is 7.85. The lowest BCUT2D eigenvalue weighted by Gasteiger charge is -2.33. The van der Waals surface area contributed by atoms with Crippen molar-refractivity contribution in [2.45, 2.75) is 45.2 Å². The Hall–Kier alpha value is -2.18. The number of hydrogen-bond donors (Lipinski definition) is 1. The maximum Gasteiger partial charge on any atom is 0.267 e. The SMILES string of the molecule is C[C@H]1CCCCN1CCCNC(=O)Cn1nc(-c2ccc(Cl)cc2)ccc1=O. The highest BCUT2D eigenvalue weighted by Gasteiger charge is 2.17. The van der Waals surface area contributed by atoms with Gasteiger partial charge in [-0.1, -0.05) is 30.2 Å². The molecule has 2 heterocycles. The third-order valence-corrected chi connectivity index (χ3v) is 5.44. The zero-order valence-corrected chi connectivity index (χ0v) is 17.0. The highest BCUT2D eigenvalue weighted by atomic mass is 35.5. The fraction of sp³-hybridized carbons (Fsp3) is 0.476. The van der Waals surface area contributed by atoms with Crippen LogP contribution in [0.25, 0.3) is 11.3 Å². The summed E-state index contributed by atoms with van der Waals surface area (Å²) >= 11 is 5.91. The summed E-state index contributed by atoms with van der Waals surface area (Å²) in [6, 6.07) is 10.9. The van der Waals surface area contributed by atoms with Gasteiger partial charge in [0, 0.05) is 35.8 Å². The van der Waals surface area contributed by atoms with Gasteiger partial charge in [-0.3, -0.25) is 9.59 Å². The van der Waals surface area contributed by atoms with Gasteiger partial charge in [-0.2, -0.15) is 5.10 Å². The molecular weight excluding hydrogens is 376 g/mol. The second kappa shape index (κ2) is 9.85. The number of benzene rings is 1. The molecule has 2 aromatic rings. The van der Waals surface area contributed by atoms with Crippen molar-refractivity contribution in [2.24, 2.45) is 0 Å². The Balaban J connectivity index is 1.51. The lowest BCUT2D eigenvalue weighted by atomic mass is 10.0. The summed E-state index contributed by atoms with van der Waals surface area (Å²) in [6.45, 7) is 4.93. The van der Waals surface area contributed by atoms with E-state index in [0.29, 0.717) is 23.3 Å². The topological polar surface area (TPSA) is 67.2 Å². The van der Waals surface area contributed by atoms with E-state index in [0.717, 1.165) is 25.1 Å². The highest BCUT2D eigenvalue weighted by Crippen LogP contribution is 2.18. The monoisotopic (exact) mass is 402 g/mol. The predicted octanol–water partition coefficient (Wildman–Crippen LogP) is 2.94. The Morgan fingerprint density at radius 3 is 2.75 bits per heavy atom. The molecule has 28 heavy (non-hydrogen) atoms. The number of carbonyl (C=O) groups excluding carboxylic acids is 1. The van der Waals surface area contributed by atoms with Crippen molar-refractivity contribution >= 4 is 17.5 Å². The molecule has 0 aliphatic carbocycles. The molecule has 150 valence electrons. The number of halogens is 1. The number of rotatable bonds is 7. The quantitative estimate of drug-likeness (QED) is 0.723. The molecular formula is C21H27ClN4O2. The van der Waals surface area contributed by atoms with Crippen LogP contribution in [0.5, 0.6) is 0 Å². The average molecular weight is 403 g/mol. The van der Waals surface area contributed by atoms with Gasteiger partial charge in [0.2, 0.25) is 5.91 Å². The fourth-order valence-corrected chi connectivity index (χ4v) is 3.65. The summed E-state index contributed by atoms with van der Waals surface area (Å²) in [5.74, 6) is -0.199. The van der Waals surface area contributed by atoms with Crippen molar-refractivity contribution in [2.75, 3.05) is 19.6 Å². The molecule has 0 radical (unpaired) electrons. The van der Waals surface area contributed by atoms with Crippen molar-refractivity contribution in [1.29, 1.82) is 0 Å². The van der Waals surface area contributed by atoms with E-state index < -0.39 is 0 Å². The van der Waals surface area contributed by atoms with Gasteiger partial charge in [-0.25, -0.2) is 4.68 Å². The minimum Gasteiger partial charge on any atom is -0.354 e. The highest BCUT2D eigenvalue weighted by molar-refractivity contribution is 6.30. The van der Waals surface area contributed by atoms with Crippen LogP contribution < -0.4 is 10.9 Å². The number of nitrogens with one attached hydrogen (secondary N) is 1. The molecule has 1 N–H and O–H groups in total. The Kier molecular flexibility index (Phi) is 7.23. The van der Waals surface area contributed by atoms with Gasteiger partial charge in [0.15, 0.2) is 0 Å². The number of aromatic nitrogens is 2. The molecule has 0 spiro atoms. The molecule has 0 saturated carbocycles. The molecule has 1 aliphatic rings. The van der Waals surface area contributed by atoms with Gasteiger partial charge in [-0.05, 0) is 50.9 Å². The van der Waals surface area contributed by atoms with E-state index in [1.807, 2.05) is 12.1 Å². The molecule has 1 aromatic carbocycles. The van der Waals surface area contributed by atoms with Crippen LogP contribution in [0, 0.1) is 0 Å². The van der Waals surface area contributed by atoms with E-state index in [1.165, 1.54) is 30.0 Å². The Bertz CT molecular complexity index is 850. The Morgan fingerprint density at radius 1 is 1.21 bits per heavy atom. The van der Waals surface area contributed by atoms with Crippen molar-refractivity contribution < 1.29 is 4.79 Å². The van der Waals surface area contributed by atoms with Crippen molar-refractivity contribution in [3.05, 3.63) is 51.8 Å². The van der Waals surface area contributed by atoms with Crippen LogP contribution in [0.1, 0.15) is 32.6 Å². The molecule has 1 amide bonds. The first-order chi connectivity index (χ1) is 13.5. The van der Waals surface area contributed by atoms with Gasteiger partial charge in [0.25, 0.3) is 5.56 Å². The lowest BCUT2D eigenvalue weighted by Crippen LogP contribution is -2.39. The first kappa shape index (κ1) is 20.6. The van der Waals surface area contributed by atoms with Crippen LogP contribution in [0.2, 0.25) is 5.02 Å². The molecule has 1 aromatic heterocycles.